The highest BCUT2D eigenvalue weighted by atomic mass is 16.3. The molecule has 7 nitrogen and oxygen atoms in total. The molecule has 3 N–H and O–H groups in total. The Bertz CT molecular complexity index is 417. The molecule has 1 aliphatic heterocycles. The Morgan fingerprint density at radius 2 is 1.95 bits per heavy atom. The number of nitrogens with zero attached hydrogens (tertiary/aromatic N) is 1. The first kappa shape index (κ1) is 17.4. The van der Waals surface area contributed by atoms with Crippen molar-refractivity contribution >= 4 is 17.7 Å². The Kier molecular flexibility index (Phi) is 5.71. The van der Waals surface area contributed by atoms with E-state index in [4.69, 9.17) is 5.11 Å². The van der Waals surface area contributed by atoms with E-state index in [-0.39, 0.29) is 5.91 Å². The van der Waals surface area contributed by atoms with Gasteiger partial charge in [-0.3, -0.25) is 14.4 Å². The number of aliphatic hydroxyl groups is 1. The third-order valence-corrected chi connectivity index (χ3v) is 3.52. The zero-order chi connectivity index (χ0) is 16.2. The van der Waals surface area contributed by atoms with Crippen molar-refractivity contribution in [2.75, 3.05) is 20.2 Å². The first-order chi connectivity index (χ1) is 9.72. The number of likely N-dealkylation sites (N-methyl/N-ethyl adjacent to an activating group) is 1. The number of hydrogen-bond acceptors (Lipinski definition) is 4. The van der Waals surface area contributed by atoms with Gasteiger partial charge in [-0.2, -0.15) is 0 Å². The molecule has 1 fully saturated rings. The summed E-state index contributed by atoms with van der Waals surface area (Å²) in [6, 6.07) is -1.56. The van der Waals surface area contributed by atoms with Crippen LogP contribution in [0.2, 0.25) is 0 Å². The van der Waals surface area contributed by atoms with E-state index in [1.165, 1.54) is 7.05 Å². The van der Waals surface area contributed by atoms with Gasteiger partial charge in [-0.05, 0) is 12.8 Å². The molecule has 3 amide bonds. The number of nitrogens with one attached hydrogen (secondary N) is 2. The summed E-state index contributed by atoms with van der Waals surface area (Å²) >= 11 is 0. The molecular weight excluding hydrogens is 274 g/mol. The molecule has 0 aromatic carbocycles. The molecule has 0 saturated carbocycles. The second kappa shape index (κ2) is 6.89. The van der Waals surface area contributed by atoms with Gasteiger partial charge in [0.1, 0.15) is 12.1 Å². The largest absolute Gasteiger partial charge is 0.394 e. The van der Waals surface area contributed by atoms with Gasteiger partial charge in [0.05, 0.1) is 6.61 Å². The molecule has 1 rings (SSSR count). The van der Waals surface area contributed by atoms with Crippen LogP contribution in [0.3, 0.4) is 0 Å². The average Bonchev–Trinajstić information content (AvgIpc) is 2.90. The second-order valence-corrected chi connectivity index (χ2v) is 6.26. The van der Waals surface area contributed by atoms with E-state index in [1.54, 1.807) is 4.90 Å². The second-order valence-electron chi connectivity index (χ2n) is 6.26. The molecule has 1 heterocycles. The van der Waals surface area contributed by atoms with Gasteiger partial charge in [-0.15, -0.1) is 0 Å². The molecular formula is C14H25N3O4. The van der Waals surface area contributed by atoms with E-state index < -0.39 is 35.9 Å². The predicted molar refractivity (Wildman–Crippen MR) is 77.3 cm³/mol. The molecule has 120 valence electrons. The molecule has 0 aliphatic carbocycles. The van der Waals surface area contributed by atoms with Crippen molar-refractivity contribution in [3.63, 3.8) is 0 Å². The lowest BCUT2D eigenvalue weighted by Crippen LogP contribution is -2.55. The van der Waals surface area contributed by atoms with E-state index in [1.807, 2.05) is 20.8 Å². The number of amides is 3. The van der Waals surface area contributed by atoms with Crippen molar-refractivity contribution in [1.82, 2.24) is 15.5 Å². The SMILES string of the molecule is CNC(=O)[C@H](CO)NC(=O)[C@@H]1CCCN1C(=O)C(C)(C)C. The highest BCUT2D eigenvalue weighted by Gasteiger charge is 2.39. The molecule has 0 spiro atoms. The number of aliphatic hydroxyl groups excluding tert-OH is 1. The predicted octanol–water partition coefficient (Wildman–Crippen LogP) is -0.753. The fraction of sp³-hybridized carbons (Fsp3) is 0.786. The highest BCUT2D eigenvalue weighted by Crippen LogP contribution is 2.25. The van der Waals surface area contributed by atoms with E-state index >= 15 is 0 Å². The molecule has 0 unspecified atom stereocenters. The summed E-state index contributed by atoms with van der Waals surface area (Å²) < 4.78 is 0. The third kappa shape index (κ3) is 4.17. The minimum atomic E-state index is -0.991. The molecule has 7 heteroatoms. The highest BCUT2D eigenvalue weighted by molar-refractivity contribution is 5.93. The van der Waals surface area contributed by atoms with Crippen LogP contribution in [0.5, 0.6) is 0 Å². The number of hydrogen-bond donors (Lipinski definition) is 3. The van der Waals surface area contributed by atoms with Crippen LogP contribution < -0.4 is 10.6 Å². The Labute approximate surface area is 125 Å². The van der Waals surface area contributed by atoms with Crippen molar-refractivity contribution in [1.29, 1.82) is 0 Å². The van der Waals surface area contributed by atoms with Gasteiger partial charge >= 0.3 is 0 Å². The van der Waals surface area contributed by atoms with Crippen molar-refractivity contribution in [2.45, 2.75) is 45.7 Å². The quantitative estimate of drug-likeness (QED) is 0.636. The van der Waals surface area contributed by atoms with Crippen molar-refractivity contribution in [3.05, 3.63) is 0 Å². The lowest BCUT2D eigenvalue weighted by atomic mass is 9.94. The van der Waals surface area contributed by atoms with Gasteiger partial charge in [-0.25, -0.2) is 0 Å². The number of carbonyl (C=O) groups excluding carboxylic acids is 3. The molecule has 0 aromatic rings. The maximum absolute atomic E-state index is 12.3. The first-order valence-corrected chi connectivity index (χ1v) is 7.16. The van der Waals surface area contributed by atoms with Gasteiger partial charge in [0.15, 0.2) is 0 Å². The summed E-state index contributed by atoms with van der Waals surface area (Å²) in [5, 5.41) is 14.0. The monoisotopic (exact) mass is 299 g/mol. The van der Waals surface area contributed by atoms with Gasteiger partial charge < -0.3 is 20.6 Å². The van der Waals surface area contributed by atoms with Crippen molar-refractivity contribution < 1.29 is 19.5 Å². The molecule has 2 atom stereocenters. The fourth-order valence-electron chi connectivity index (χ4n) is 2.35. The molecule has 21 heavy (non-hydrogen) atoms. The Morgan fingerprint density at radius 3 is 2.43 bits per heavy atom. The summed E-state index contributed by atoms with van der Waals surface area (Å²) in [5.41, 5.74) is -0.556. The average molecular weight is 299 g/mol. The summed E-state index contributed by atoms with van der Waals surface area (Å²) in [4.78, 5) is 37.7. The van der Waals surface area contributed by atoms with Crippen LogP contribution in [0, 0.1) is 5.41 Å². The first-order valence-electron chi connectivity index (χ1n) is 7.16. The van der Waals surface area contributed by atoms with Gasteiger partial charge in [0, 0.05) is 19.0 Å². The van der Waals surface area contributed by atoms with Crippen LogP contribution in [-0.2, 0) is 14.4 Å². The minimum absolute atomic E-state index is 0.0827. The van der Waals surface area contributed by atoms with E-state index in [0.717, 1.165) is 6.42 Å². The number of carbonyl (C=O) groups is 3. The maximum Gasteiger partial charge on any atom is 0.244 e. The van der Waals surface area contributed by atoms with Gasteiger partial charge in [0.2, 0.25) is 17.7 Å². The zero-order valence-corrected chi connectivity index (χ0v) is 13.1. The lowest BCUT2D eigenvalue weighted by molar-refractivity contribution is -0.145. The van der Waals surface area contributed by atoms with E-state index in [9.17, 15) is 14.4 Å². The third-order valence-electron chi connectivity index (χ3n) is 3.52. The van der Waals surface area contributed by atoms with Gasteiger partial charge in [0.25, 0.3) is 0 Å². The molecule has 0 aromatic heterocycles. The number of likely N-dealkylation sites (tertiary alicyclic amines) is 1. The normalized spacial score (nSPS) is 20.0. The van der Waals surface area contributed by atoms with Crippen LogP contribution in [0.15, 0.2) is 0 Å². The molecule has 0 bridgehead atoms. The standard InChI is InChI=1S/C14H25N3O4/c1-14(2,3)13(21)17-7-5-6-10(17)12(20)16-9(8-18)11(19)15-4/h9-10,18H,5-8H2,1-4H3,(H,15,19)(H,16,20)/t9-,10-/m0/s1. The summed E-state index contributed by atoms with van der Waals surface area (Å²) in [6.45, 7) is 5.49. The van der Waals surface area contributed by atoms with Crippen molar-refractivity contribution in [3.8, 4) is 0 Å². The zero-order valence-electron chi connectivity index (χ0n) is 13.1. The Morgan fingerprint density at radius 1 is 1.33 bits per heavy atom. The van der Waals surface area contributed by atoms with Crippen LogP contribution in [0.1, 0.15) is 33.6 Å². The van der Waals surface area contributed by atoms with Gasteiger partial charge in [-0.1, -0.05) is 20.8 Å². The van der Waals surface area contributed by atoms with Crippen LogP contribution in [0.25, 0.3) is 0 Å². The molecule has 1 saturated heterocycles. The van der Waals surface area contributed by atoms with Crippen molar-refractivity contribution in [2.24, 2.45) is 5.41 Å². The smallest absolute Gasteiger partial charge is 0.244 e. The molecule has 0 radical (unpaired) electrons. The summed E-state index contributed by atoms with van der Waals surface area (Å²) in [5.74, 6) is -0.939. The van der Waals surface area contributed by atoms with E-state index in [0.29, 0.717) is 13.0 Å². The Balaban J connectivity index is 2.77. The summed E-state index contributed by atoms with van der Waals surface area (Å²) in [6.07, 6.45) is 1.32. The number of rotatable bonds is 4. The van der Waals surface area contributed by atoms with E-state index in [2.05, 4.69) is 10.6 Å². The lowest BCUT2D eigenvalue weighted by Gasteiger charge is -2.30. The summed E-state index contributed by atoms with van der Waals surface area (Å²) in [7, 11) is 1.43. The fourth-order valence-corrected chi connectivity index (χ4v) is 2.35. The topological polar surface area (TPSA) is 98.7 Å². The van der Waals surface area contributed by atoms with Crippen LogP contribution >= 0.6 is 0 Å². The minimum Gasteiger partial charge on any atom is -0.394 e. The Hall–Kier alpha value is -1.63. The maximum atomic E-state index is 12.3. The van der Waals surface area contributed by atoms with Crippen LogP contribution in [0.4, 0.5) is 0 Å². The van der Waals surface area contributed by atoms with Crippen LogP contribution in [-0.4, -0.2) is 60.0 Å². The molecule has 1 aliphatic rings.